The number of nitrogens with zero attached hydrogens (tertiary/aromatic N) is 1. The number of aliphatic hydroxyl groups is 1. The normalized spacial score (nSPS) is 13.5. The molecule has 2 rings (SSSR count). The van der Waals surface area contributed by atoms with Crippen LogP contribution in [0.15, 0.2) is 29.9 Å². The van der Waals surface area contributed by atoms with Gasteiger partial charge in [0.25, 0.3) is 0 Å². The molecule has 1 heterocycles. The summed E-state index contributed by atoms with van der Waals surface area (Å²) in [6, 6.07) is 2.51. The third-order valence-electron chi connectivity index (χ3n) is 2.56. The Balaban J connectivity index is 2.25. The fourth-order valence-corrected chi connectivity index (χ4v) is 2.25. The molecule has 1 aromatic heterocycles. The largest absolute Gasteiger partial charge is 0.419 e. The first-order valence-electron chi connectivity index (χ1n) is 5.30. The number of aromatic nitrogens is 1. The molecule has 0 amide bonds. The van der Waals surface area contributed by atoms with Gasteiger partial charge >= 0.3 is 6.18 Å². The Bertz CT molecular complexity index is 553. The monoisotopic (exact) mass is 291 g/mol. The second kappa shape index (κ2) is 5.26. The van der Waals surface area contributed by atoms with E-state index < -0.39 is 23.7 Å². The lowest BCUT2D eigenvalue weighted by atomic mass is 10.0. The van der Waals surface area contributed by atoms with Crippen LogP contribution >= 0.6 is 11.3 Å². The Morgan fingerprint density at radius 1 is 1.32 bits per heavy atom. The molecule has 102 valence electrons. The highest BCUT2D eigenvalue weighted by Crippen LogP contribution is 2.33. The minimum Gasteiger partial charge on any atom is -0.388 e. The van der Waals surface area contributed by atoms with Crippen molar-refractivity contribution in [2.75, 3.05) is 0 Å². The van der Waals surface area contributed by atoms with Gasteiger partial charge in [-0.05, 0) is 17.7 Å². The summed E-state index contributed by atoms with van der Waals surface area (Å²) >= 11 is 1.29. The molecule has 0 aliphatic heterocycles. The molecule has 0 radical (unpaired) electrons. The van der Waals surface area contributed by atoms with E-state index in [1.165, 1.54) is 17.5 Å². The minimum absolute atomic E-state index is 0.0297. The summed E-state index contributed by atoms with van der Waals surface area (Å²) in [6.07, 6.45) is -4.22. The zero-order chi connectivity index (χ0) is 14.0. The van der Waals surface area contributed by atoms with Gasteiger partial charge < -0.3 is 5.11 Å². The van der Waals surface area contributed by atoms with E-state index in [-0.39, 0.29) is 12.0 Å². The first-order valence-corrected chi connectivity index (χ1v) is 6.18. The number of hydrogen-bond acceptors (Lipinski definition) is 3. The van der Waals surface area contributed by atoms with E-state index in [2.05, 4.69) is 4.98 Å². The Labute approximate surface area is 110 Å². The van der Waals surface area contributed by atoms with E-state index in [9.17, 15) is 22.7 Å². The average Bonchev–Trinajstić information content (AvgIpc) is 2.80. The standard InChI is InChI=1S/C12H9F4NOS/c13-10-2-1-7(3-9(10)12(14,15)16)11(18)4-8-5-17-6-19-8/h1-3,5-6,11,18H,4H2. The topological polar surface area (TPSA) is 33.1 Å². The molecule has 0 fully saturated rings. The summed E-state index contributed by atoms with van der Waals surface area (Å²) < 4.78 is 50.7. The van der Waals surface area contributed by atoms with Crippen LogP contribution in [0.25, 0.3) is 0 Å². The molecule has 1 N–H and O–H groups in total. The Kier molecular flexibility index (Phi) is 3.86. The molecule has 7 heteroatoms. The van der Waals surface area contributed by atoms with Crippen molar-refractivity contribution in [2.24, 2.45) is 0 Å². The maximum atomic E-state index is 13.1. The van der Waals surface area contributed by atoms with Gasteiger partial charge in [0, 0.05) is 17.5 Å². The zero-order valence-corrected chi connectivity index (χ0v) is 10.3. The first kappa shape index (κ1) is 14.0. The third kappa shape index (κ3) is 3.30. The van der Waals surface area contributed by atoms with Crippen molar-refractivity contribution in [1.29, 1.82) is 0 Å². The van der Waals surface area contributed by atoms with Gasteiger partial charge in [-0.3, -0.25) is 4.98 Å². The summed E-state index contributed by atoms with van der Waals surface area (Å²) in [6.45, 7) is 0. The van der Waals surface area contributed by atoms with Crippen LogP contribution in [-0.4, -0.2) is 10.1 Å². The van der Waals surface area contributed by atoms with E-state index in [0.717, 1.165) is 10.9 Å². The second-order valence-corrected chi connectivity index (χ2v) is 4.90. The van der Waals surface area contributed by atoms with E-state index in [4.69, 9.17) is 0 Å². The highest BCUT2D eigenvalue weighted by atomic mass is 32.1. The van der Waals surface area contributed by atoms with Crippen LogP contribution in [0.3, 0.4) is 0 Å². The SMILES string of the molecule is OC(Cc1cncs1)c1ccc(F)c(C(F)(F)F)c1. The lowest BCUT2D eigenvalue weighted by Crippen LogP contribution is -2.10. The van der Waals surface area contributed by atoms with E-state index >= 15 is 0 Å². The number of benzene rings is 1. The van der Waals surface area contributed by atoms with Crippen LogP contribution in [0, 0.1) is 5.82 Å². The van der Waals surface area contributed by atoms with Crippen molar-refractivity contribution >= 4 is 11.3 Å². The van der Waals surface area contributed by atoms with Crippen molar-refractivity contribution in [3.8, 4) is 0 Å². The number of hydrogen-bond donors (Lipinski definition) is 1. The number of aliphatic hydroxyl groups excluding tert-OH is 1. The van der Waals surface area contributed by atoms with Gasteiger partial charge in [0.1, 0.15) is 5.82 Å². The maximum Gasteiger partial charge on any atom is 0.419 e. The van der Waals surface area contributed by atoms with Crippen molar-refractivity contribution in [2.45, 2.75) is 18.7 Å². The van der Waals surface area contributed by atoms with Crippen LogP contribution in [-0.2, 0) is 12.6 Å². The van der Waals surface area contributed by atoms with E-state index in [1.807, 2.05) is 0 Å². The van der Waals surface area contributed by atoms with Crippen LogP contribution in [0.4, 0.5) is 17.6 Å². The van der Waals surface area contributed by atoms with Gasteiger partial charge in [0.05, 0.1) is 17.2 Å². The first-order chi connectivity index (χ1) is 8.88. The minimum atomic E-state index is -4.77. The fourth-order valence-electron chi connectivity index (χ4n) is 1.62. The number of rotatable bonds is 3. The summed E-state index contributed by atoms with van der Waals surface area (Å²) in [5.41, 5.74) is 0.226. The molecule has 1 unspecified atom stereocenters. The molecule has 19 heavy (non-hydrogen) atoms. The highest BCUT2D eigenvalue weighted by molar-refractivity contribution is 7.09. The summed E-state index contributed by atoms with van der Waals surface area (Å²) in [5, 5.41) is 9.86. The maximum absolute atomic E-state index is 13.1. The predicted molar refractivity (Wildman–Crippen MR) is 62.2 cm³/mol. The van der Waals surface area contributed by atoms with Gasteiger partial charge in [-0.25, -0.2) is 4.39 Å². The molecule has 0 bridgehead atoms. The highest BCUT2D eigenvalue weighted by Gasteiger charge is 2.34. The van der Waals surface area contributed by atoms with Gasteiger partial charge in [0.15, 0.2) is 0 Å². The Morgan fingerprint density at radius 2 is 2.05 bits per heavy atom. The summed E-state index contributed by atoms with van der Waals surface area (Å²) in [4.78, 5) is 4.55. The fraction of sp³-hybridized carbons (Fsp3) is 0.250. The average molecular weight is 291 g/mol. The van der Waals surface area contributed by atoms with Crippen molar-refractivity contribution in [1.82, 2.24) is 4.98 Å². The molecule has 1 atom stereocenters. The van der Waals surface area contributed by atoms with Gasteiger partial charge in [0.2, 0.25) is 0 Å². The quantitative estimate of drug-likeness (QED) is 0.877. The number of halogens is 4. The number of alkyl halides is 3. The van der Waals surface area contributed by atoms with Crippen LogP contribution in [0.1, 0.15) is 22.1 Å². The van der Waals surface area contributed by atoms with Crippen LogP contribution in [0.5, 0.6) is 0 Å². The van der Waals surface area contributed by atoms with Crippen molar-refractivity contribution < 1.29 is 22.7 Å². The zero-order valence-electron chi connectivity index (χ0n) is 9.49. The smallest absolute Gasteiger partial charge is 0.388 e. The Hall–Kier alpha value is -1.47. The molecule has 0 saturated carbocycles. The summed E-state index contributed by atoms with van der Waals surface area (Å²) in [7, 11) is 0. The Morgan fingerprint density at radius 3 is 2.63 bits per heavy atom. The molecule has 0 spiro atoms. The molecule has 0 aliphatic carbocycles. The molecule has 0 aliphatic rings. The molecular formula is C12H9F4NOS. The van der Waals surface area contributed by atoms with Crippen LogP contribution < -0.4 is 0 Å². The van der Waals surface area contributed by atoms with Crippen molar-refractivity contribution in [3.63, 3.8) is 0 Å². The van der Waals surface area contributed by atoms with Gasteiger partial charge in [-0.1, -0.05) is 6.07 Å². The van der Waals surface area contributed by atoms with Crippen LogP contribution in [0.2, 0.25) is 0 Å². The summed E-state index contributed by atoms with van der Waals surface area (Å²) in [5.74, 6) is -1.35. The van der Waals surface area contributed by atoms with Crippen molar-refractivity contribution in [3.05, 3.63) is 51.7 Å². The molecule has 2 aromatic rings. The van der Waals surface area contributed by atoms with Gasteiger partial charge in [-0.15, -0.1) is 11.3 Å². The molecule has 0 saturated heterocycles. The third-order valence-corrected chi connectivity index (χ3v) is 3.36. The molecule has 2 nitrogen and oxygen atoms in total. The van der Waals surface area contributed by atoms with E-state index in [1.54, 1.807) is 5.51 Å². The molecule has 1 aromatic carbocycles. The lowest BCUT2D eigenvalue weighted by Gasteiger charge is -2.13. The molecular weight excluding hydrogens is 282 g/mol. The predicted octanol–water partition coefficient (Wildman–Crippen LogP) is 3.58. The second-order valence-electron chi connectivity index (χ2n) is 3.92. The number of thiazole rings is 1. The lowest BCUT2D eigenvalue weighted by molar-refractivity contribution is -0.140. The van der Waals surface area contributed by atoms with E-state index in [0.29, 0.717) is 12.1 Å². The van der Waals surface area contributed by atoms with Gasteiger partial charge in [-0.2, -0.15) is 13.2 Å².